The third-order valence-electron chi connectivity index (χ3n) is 5.50. The molecule has 1 aliphatic carbocycles. The minimum atomic E-state index is 0.211. The normalized spacial score (nSPS) is 20.6. The first-order valence-corrected chi connectivity index (χ1v) is 11.0. The van der Waals surface area contributed by atoms with Crippen molar-refractivity contribution in [3.63, 3.8) is 0 Å². The lowest BCUT2D eigenvalue weighted by atomic mass is 9.75. The number of hydrazine groups is 1. The highest BCUT2D eigenvalue weighted by Crippen LogP contribution is 2.44. The summed E-state index contributed by atoms with van der Waals surface area (Å²) in [6.45, 7) is 7.25. The molecule has 4 rings (SSSR count). The van der Waals surface area contributed by atoms with Crippen molar-refractivity contribution >= 4 is 17.6 Å². The number of thioether (sulfide) groups is 1. The summed E-state index contributed by atoms with van der Waals surface area (Å²) in [7, 11) is 0. The molecule has 0 amide bonds. The molecule has 0 bridgehead atoms. The number of nitrogens with zero attached hydrogens (tertiary/aromatic N) is 3. The van der Waals surface area contributed by atoms with Gasteiger partial charge in [0.25, 0.3) is 0 Å². The van der Waals surface area contributed by atoms with Crippen molar-refractivity contribution < 1.29 is 0 Å². The van der Waals surface area contributed by atoms with E-state index in [1.165, 1.54) is 23.3 Å². The van der Waals surface area contributed by atoms with E-state index in [1.807, 2.05) is 19.3 Å². The lowest BCUT2D eigenvalue weighted by molar-refractivity contribution is 0.309. The molecule has 3 heterocycles. The average molecular weight is 397 g/mol. The molecule has 0 spiro atoms. The van der Waals surface area contributed by atoms with Gasteiger partial charge in [-0.1, -0.05) is 13.8 Å². The Morgan fingerprint density at radius 3 is 2.79 bits per heavy atom. The van der Waals surface area contributed by atoms with Crippen molar-refractivity contribution in [2.75, 3.05) is 11.6 Å². The van der Waals surface area contributed by atoms with Gasteiger partial charge in [0.2, 0.25) is 0 Å². The number of pyridine rings is 1. The molecule has 6 nitrogen and oxygen atoms in total. The highest BCUT2D eigenvalue weighted by atomic mass is 32.2. The van der Waals surface area contributed by atoms with Crippen LogP contribution in [-0.2, 0) is 6.54 Å². The third kappa shape index (κ3) is 4.15. The average Bonchev–Trinajstić information content (AvgIpc) is 3.09. The first kappa shape index (κ1) is 19.2. The van der Waals surface area contributed by atoms with Gasteiger partial charge in [-0.3, -0.25) is 0 Å². The van der Waals surface area contributed by atoms with Crippen molar-refractivity contribution in [2.24, 2.45) is 5.41 Å². The van der Waals surface area contributed by atoms with Crippen LogP contribution in [0.4, 0.5) is 5.82 Å². The van der Waals surface area contributed by atoms with E-state index < -0.39 is 0 Å². The van der Waals surface area contributed by atoms with Crippen LogP contribution in [0.3, 0.4) is 0 Å². The molecule has 1 unspecified atom stereocenters. The summed E-state index contributed by atoms with van der Waals surface area (Å²) < 4.78 is 0. The standard InChI is InChI=1S/C21H28N6S/c1-13-22-10-14(11-23-13)12-24-18-7-15(8-19(25-18)28-4)20-16-5-6-21(2,3)9-17(16)26-27-20/h7-8,10-11,20,26-27H,5-6,9,12H2,1-4H3,(H,24,25). The van der Waals surface area contributed by atoms with E-state index in [2.05, 4.69) is 58.4 Å². The fraction of sp³-hybridized carbons (Fsp3) is 0.476. The van der Waals surface area contributed by atoms with Crippen molar-refractivity contribution in [1.29, 1.82) is 0 Å². The third-order valence-corrected chi connectivity index (χ3v) is 6.13. The van der Waals surface area contributed by atoms with Crippen molar-refractivity contribution in [3.05, 3.63) is 52.7 Å². The molecule has 148 valence electrons. The van der Waals surface area contributed by atoms with E-state index in [1.54, 1.807) is 11.8 Å². The van der Waals surface area contributed by atoms with Crippen LogP contribution in [0.15, 0.2) is 40.8 Å². The van der Waals surface area contributed by atoms with Gasteiger partial charge in [0.05, 0.1) is 11.1 Å². The van der Waals surface area contributed by atoms with Crippen LogP contribution in [0.25, 0.3) is 0 Å². The molecule has 2 aromatic heterocycles. The van der Waals surface area contributed by atoms with Gasteiger partial charge in [0, 0.05) is 30.2 Å². The van der Waals surface area contributed by atoms with Gasteiger partial charge in [-0.2, -0.15) is 0 Å². The summed E-state index contributed by atoms with van der Waals surface area (Å²) >= 11 is 1.67. The van der Waals surface area contributed by atoms with E-state index in [0.29, 0.717) is 12.0 Å². The summed E-state index contributed by atoms with van der Waals surface area (Å²) in [5.41, 5.74) is 12.5. The summed E-state index contributed by atoms with van der Waals surface area (Å²) in [5, 5.41) is 4.46. The Balaban J connectivity index is 1.55. The number of nitrogens with one attached hydrogen (secondary N) is 3. The Morgan fingerprint density at radius 1 is 1.25 bits per heavy atom. The molecular weight excluding hydrogens is 368 g/mol. The van der Waals surface area contributed by atoms with Crippen molar-refractivity contribution in [2.45, 2.75) is 57.6 Å². The van der Waals surface area contributed by atoms with Gasteiger partial charge in [0.15, 0.2) is 0 Å². The zero-order chi connectivity index (χ0) is 19.7. The number of rotatable bonds is 5. The molecule has 0 fully saturated rings. The van der Waals surface area contributed by atoms with E-state index in [-0.39, 0.29) is 6.04 Å². The minimum Gasteiger partial charge on any atom is -0.366 e. The number of allylic oxidation sites excluding steroid dienone is 1. The predicted molar refractivity (Wildman–Crippen MR) is 114 cm³/mol. The van der Waals surface area contributed by atoms with Gasteiger partial charge in [-0.15, -0.1) is 11.8 Å². The Kier molecular flexibility index (Phi) is 5.29. The maximum atomic E-state index is 4.73. The van der Waals surface area contributed by atoms with E-state index in [9.17, 15) is 0 Å². The number of hydrogen-bond acceptors (Lipinski definition) is 7. The van der Waals surface area contributed by atoms with Crippen LogP contribution >= 0.6 is 11.8 Å². The van der Waals surface area contributed by atoms with Crippen LogP contribution < -0.4 is 16.2 Å². The van der Waals surface area contributed by atoms with E-state index >= 15 is 0 Å². The first-order chi connectivity index (χ1) is 13.4. The lowest BCUT2D eigenvalue weighted by Crippen LogP contribution is -2.28. The molecule has 7 heteroatoms. The minimum absolute atomic E-state index is 0.211. The largest absolute Gasteiger partial charge is 0.366 e. The molecule has 28 heavy (non-hydrogen) atoms. The summed E-state index contributed by atoms with van der Waals surface area (Å²) in [4.78, 5) is 13.3. The topological polar surface area (TPSA) is 74.8 Å². The zero-order valence-corrected chi connectivity index (χ0v) is 17.8. The van der Waals surface area contributed by atoms with Crippen molar-refractivity contribution in [3.8, 4) is 0 Å². The van der Waals surface area contributed by atoms with Gasteiger partial charge in [-0.05, 0) is 61.1 Å². The maximum Gasteiger partial charge on any atom is 0.127 e. The first-order valence-electron chi connectivity index (χ1n) is 9.74. The molecule has 1 atom stereocenters. The fourth-order valence-electron chi connectivity index (χ4n) is 3.87. The molecule has 0 aromatic carbocycles. The quantitative estimate of drug-likeness (QED) is 0.656. The molecule has 0 radical (unpaired) electrons. The maximum absolute atomic E-state index is 4.73. The summed E-state index contributed by atoms with van der Waals surface area (Å²) in [6, 6.07) is 4.56. The SMILES string of the molecule is CSc1cc(C2NNC3=C2CCC(C)(C)C3)cc(NCc2cnc(C)nc2)n1. The molecule has 0 saturated heterocycles. The van der Waals surface area contributed by atoms with E-state index in [0.717, 1.165) is 35.1 Å². The zero-order valence-electron chi connectivity index (χ0n) is 17.0. The van der Waals surface area contributed by atoms with E-state index in [4.69, 9.17) is 4.98 Å². The lowest BCUT2D eigenvalue weighted by Gasteiger charge is -2.31. The Morgan fingerprint density at radius 2 is 2.04 bits per heavy atom. The smallest absolute Gasteiger partial charge is 0.127 e. The highest BCUT2D eigenvalue weighted by Gasteiger charge is 2.35. The molecular formula is C21H28N6S. The number of hydrogen-bond donors (Lipinski definition) is 3. The molecule has 3 N–H and O–H groups in total. The number of anilines is 1. The Labute approximate surface area is 171 Å². The second-order valence-electron chi connectivity index (χ2n) is 8.37. The molecule has 2 aromatic rings. The predicted octanol–water partition coefficient (Wildman–Crippen LogP) is 4.13. The molecule has 0 saturated carbocycles. The van der Waals surface area contributed by atoms with Crippen LogP contribution in [0.2, 0.25) is 0 Å². The highest BCUT2D eigenvalue weighted by molar-refractivity contribution is 7.98. The van der Waals surface area contributed by atoms with Gasteiger partial charge < -0.3 is 10.7 Å². The number of aromatic nitrogens is 3. The van der Waals surface area contributed by atoms with Crippen LogP contribution in [0.5, 0.6) is 0 Å². The summed E-state index contributed by atoms with van der Waals surface area (Å²) in [6.07, 6.45) is 9.25. The molecule has 1 aliphatic heterocycles. The van der Waals surface area contributed by atoms with Gasteiger partial charge >= 0.3 is 0 Å². The number of aryl methyl sites for hydroxylation is 1. The van der Waals surface area contributed by atoms with Crippen molar-refractivity contribution in [1.82, 2.24) is 25.8 Å². The second-order valence-corrected chi connectivity index (χ2v) is 9.19. The second kappa shape index (κ2) is 7.72. The Hall–Kier alpha value is -2.12. The Bertz CT molecular complexity index is 890. The monoisotopic (exact) mass is 396 g/mol. The fourth-order valence-corrected chi connectivity index (χ4v) is 4.31. The van der Waals surface area contributed by atoms with Crippen LogP contribution in [0.1, 0.15) is 56.1 Å². The van der Waals surface area contributed by atoms with Gasteiger partial charge in [-0.25, -0.2) is 20.4 Å². The van der Waals surface area contributed by atoms with Crippen LogP contribution in [-0.4, -0.2) is 21.2 Å². The van der Waals surface area contributed by atoms with Crippen LogP contribution in [0, 0.1) is 12.3 Å². The van der Waals surface area contributed by atoms with Gasteiger partial charge in [0.1, 0.15) is 11.6 Å². The summed E-state index contributed by atoms with van der Waals surface area (Å²) in [5.74, 6) is 1.67. The molecule has 2 aliphatic rings.